The van der Waals surface area contributed by atoms with Crippen LogP contribution in [0.1, 0.15) is 0 Å². The van der Waals surface area contributed by atoms with Gasteiger partial charge in [0.25, 0.3) is 0 Å². The molecule has 1 unspecified atom stereocenters. The van der Waals surface area contributed by atoms with Crippen LogP contribution >= 0.6 is 11.6 Å². The van der Waals surface area contributed by atoms with Gasteiger partial charge < -0.3 is 10.0 Å². The lowest BCUT2D eigenvalue weighted by molar-refractivity contribution is -0.141. The van der Waals surface area contributed by atoms with Gasteiger partial charge in [-0.2, -0.15) is 0 Å². The SMILES string of the molecule is CN1CC(C(=O)O)CN(c2cccc(Cl)c2)C1=O. The first-order chi connectivity index (χ1) is 8.49. The van der Waals surface area contributed by atoms with E-state index < -0.39 is 11.9 Å². The Morgan fingerprint density at radius 3 is 2.78 bits per heavy atom. The summed E-state index contributed by atoms with van der Waals surface area (Å²) in [6, 6.07) is 6.61. The number of hydrogen-bond acceptors (Lipinski definition) is 2. The molecule has 1 fully saturated rings. The molecule has 0 spiro atoms. The molecule has 96 valence electrons. The summed E-state index contributed by atoms with van der Waals surface area (Å²) in [7, 11) is 1.59. The highest BCUT2D eigenvalue weighted by molar-refractivity contribution is 6.30. The number of halogens is 1. The van der Waals surface area contributed by atoms with Crippen molar-refractivity contribution < 1.29 is 14.7 Å². The summed E-state index contributed by atoms with van der Waals surface area (Å²) in [6.45, 7) is 0.393. The molecule has 1 heterocycles. The second-order valence-electron chi connectivity index (χ2n) is 4.29. The van der Waals surface area contributed by atoms with Crippen molar-refractivity contribution in [1.82, 2.24) is 4.90 Å². The highest BCUT2D eigenvalue weighted by Gasteiger charge is 2.34. The van der Waals surface area contributed by atoms with E-state index in [1.807, 2.05) is 0 Å². The van der Waals surface area contributed by atoms with Crippen LogP contribution in [0.2, 0.25) is 5.02 Å². The quantitative estimate of drug-likeness (QED) is 0.891. The van der Waals surface area contributed by atoms with E-state index in [0.717, 1.165) is 0 Å². The fourth-order valence-corrected chi connectivity index (χ4v) is 2.17. The van der Waals surface area contributed by atoms with Gasteiger partial charge in [-0.25, -0.2) is 4.79 Å². The largest absolute Gasteiger partial charge is 0.481 e. The topological polar surface area (TPSA) is 60.9 Å². The number of carbonyl (C=O) groups is 2. The van der Waals surface area contributed by atoms with Gasteiger partial charge in [-0.3, -0.25) is 9.69 Å². The molecule has 0 saturated carbocycles. The third-order valence-electron chi connectivity index (χ3n) is 2.92. The summed E-state index contributed by atoms with van der Waals surface area (Å²) in [4.78, 5) is 25.9. The highest BCUT2D eigenvalue weighted by atomic mass is 35.5. The zero-order valence-electron chi connectivity index (χ0n) is 9.84. The number of hydrogen-bond donors (Lipinski definition) is 1. The van der Waals surface area contributed by atoms with E-state index in [4.69, 9.17) is 16.7 Å². The maximum absolute atomic E-state index is 12.0. The normalized spacial score (nSPS) is 20.1. The van der Waals surface area contributed by atoms with Gasteiger partial charge in [-0.15, -0.1) is 0 Å². The van der Waals surface area contributed by atoms with Gasteiger partial charge in [0, 0.05) is 30.8 Å². The summed E-state index contributed by atoms with van der Waals surface area (Å²) in [5, 5.41) is 9.59. The third kappa shape index (κ3) is 2.41. The van der Waals surface area contributed by atoms with E-state index in [1.54, 1.807) is 31.3 Å². The molecule has 1 saturated heterocycles. The van der Waals surface area contributed by atoms with Crippen molar-refractivity contribution in [3.05, 3.63) is 29.3 Å². The van der Waals surface area contributed by atoms with Crippen LogP contribution in [0.3, 0.4) is 0 Å². The Kier molecular flexibility index (Phi) is 3.43. The Labute approximate surface area is 110 Å². The average molecular weight is 269 g/mol. The summed E-state index contributed by atoms with van der Waals surface area (Å²) in [6.07, 6.45) is 0. The summed E-state index contributed by atoms with van der Waals surface area (Å²) >= 11 is 5.88. The molecule has 2 rings (SSSR count). The van der Waals surface area contributed by atoms with Gasteiger partial charge in [0.05, 0.1) is 5.92 Å². The number of anilines is 1. The minimum Gasteiger partial charge on any atom is -0.481 e. The van der Waals surface area contributed by atoms with Crippen molar-refractivity contribution in [3.8, 4) is 0 Å². The maximum atomic E-state index is 12.0. The Morgan fingerprint density at radius 1 is 1.44 bits per heavy atom. The molecule has 6 heteroatoms. The summed E-state index contributed by atoms with van der Waals surface area (Å²) in [5.41, 5.74) is 0.616. The lowest BCUT2D eigenvalue weighted by Crippen LogP contribution is -2.54. The van der Waals surface area contributed by atoms with Gasteiger partial charge in [-0.05, 0) is 18.2 Å². The van der Waals surface area contributed by atoms with Gasteiger partial charge in [0.2, 0.25) is 0 Å². The van der Waals surface area contributed by atoms with E-state index >= 15 is 0 Å². The minimum atomic E-state index is -0.902. The molecule has 1 aliphatic rings. The van der Waals surface area contributed by atoms with Crippen LogP contribution in [0.5, 0.6) is 0 Å². The van der Waals surface area contributed by atoms with E-state index in [9.17, 15) is 9.59 Å². The van der Waals surface area contributed by atoms with E-state index in [1.165, 1.54) is 9.80 Å². The Hall–Kier alpha value is -1.75. The summed E-state index contributed by atoms with van der Waals surface area (Å²) < 4.78 is 0. The average Bonchev–Trinajstić information content (AvgIpc) is 2.32. The van der Waals surface area contributed by atoms with E-state index in [2.05, 4.69) is 0 Å². The van der Waals surface area contributed by atoms with Crippen LogP contribution in [0.25, 0.3) is 0 Å². The molecule has 1 aromatic rings. The van der Waals surface area contributed by atoms with E-state index in [-0.39, 0.29) is 19.1 Å². The van der Waals surface area contributed by atoms with Crippen LogP contribution < -0.4 is 4.90 Å². The lowest BCUT2D eigenvalue weighted by Gasteiger charge is -2.36. The molecule has 0 aliphatic carbocycles. The smallest absolute Gasteiger partial charge is 0.324 e. The predicted octanol–water partition coefficient (Wildman–Crippen LogP) is 1.91. The predicted molar refractivity (Wildman–Crippen MR) is 67.9 cm³/mol. The number of benzene rings is 1. The zero-order chi connectivity index (χ0) is 13.3. The molecular weight excluding hydrogens is 256 g/mol. The first-order valence-corrected chi connectivity index (χ1v) is 5.88. The van der Waals surface area contributed by atoms with Crippen LogP contribution in [0.15, 0.2) is 24.3 Å². The number of amides is 2. The van der Waals surface area contributed by atoms with Crippen molar-refractivity contribution in [2.24, 2.45) is 5.92 Å². The minimum absolute atomic E-state index is 0.166. The Morgan fingerprint density at radius 2 is 2.17 bits per heavy atom. The standard InChI is InChI=1S/C12H13ClN2O3/c1-14-6-8(11(16)17)7-15(12(14)18)10-4-2-3-9(13)5-10/h2-5,8H,6-7H2,1H3,(H,16,17). The molecule has 1 N–H and O–H groups in total. The van der Waals surface area contributed by atoms with Crippen LogP contribution in [-0.4, -0.2) is 42.1 Å². The summed E-state index contributed by atoms with van der Waals surface area (Å²) in [5.74, 6) is -1.49. The number of carboxylic acid groups (broad SMARTS) is 1. The number of rotatable bonds is 2. The number of nitrogens with zero attached hydrogens (tertiary/aromatic N) is 2. The molecule has 0 aromatic heterocycles. The first-order valence-electron chi connectivity index (χ1n) is 5.50. The van der Waals surface area contributed by atoms with Gasteiger partial charge in [0.1, 0.15) is 0 Å². The third-order valence-corrected chi connectivity index (χ3v) is 3.16. The zero-order valence-corrected chi connectivity index (χ0v) is 10.6. The fraction of sp³-hybridized carbons (Fsp3) is 0.333. The molecule has 1 atom stereocenters. The van der Waals surface area contributed by atoms with Crippen molar-refractivity contribution >= 4 is 29.3 Å². The Balaban J connectivity index is 2.30. The number of aliphatic carboxylic acids is 1. The fourth-order valence-electron chi connectivity index (χ4n) is 1.99. The number of urea groups is 1. The second kappa shape index (κ2) is 4.86. The molecule has 1 aromatic carbocycles. The molecule has 5 nitrogen and oxygen atoms in total. The van der Waals surface area contributed by atoms with Gasteiger partial charge in [-0.1, -0.05) is 17.7 Å². The van der Waals surface area contributed by atoms with Crippen molar-refractivity contribution in [3.63, 3.8) is 0 Å². The van der Waals surface area contributed by atoms with E-state index in [0.29, 0.717) is 10.7 Å². The van der Waals surface area contributed by atoms with Crippen molar-refractivity contribution in [1.29, 1.82) is 0 Å². The lowest BCUT2D eigenvalue weighted by atomic mass is 10.1. The monoisotopic (exact) mass is 268 g/mol. The molecule has 18 heavy (non-hydrogen) atoms. The second-order valence-corrected chi connectivity index (χ2v) is 4.73. The molecular formula is C12H13ClN2O3. The molecule has 0 bridgehead atoms. The van der Waals surface area contributed by atoms with Crippen LogP contribution in [-0.2, 0) is 4.79 Å². The maximum Gasteiger partial charge on any atom is 0.324 e. The molecule has 1 aliphatic heterocycles. The number of carbonyl (C=O) groups excluding carboxylic acids is 1. The molecule has 0 radical (unpaired) electrons. The van der Waals surface area contributed by atoms with Crippen molar-refractivity contribution in [2.45, 2.75) is 0 Å². The van der Waals surface area contributed by atoms with Crippen LogP contribution in [0, 0.1) is 5.92 Å². The Bertz CT molecular complexity index is 492. The van der Waals surface area contributed by atoms with Gasteiger partial charge in [0.15, 0.2) is 0 Å². The van der Waals surface area contributed by atoms with Crippen LogP contribution in [0.4, 0.5) is 10.5 Å². The van der Waals surface area contributed by atoms with Gasteiger partial charge >= 0.3 is 12.0 Å². The first kappa shape index (κ1) is 12.7. The number of carboxylic acids is 1. The molecule has 2 amide bonds. The highest BCUT2D eigenvalue weighted by Crippen LogP contribution is 2.24. The van der Waals surface area contributed by atoms with Crippen molar-refractivity contribution in [2.75, 3.05) is 25.0 Å².